The van der Waals surface area contributed by atoms with E-state index in [2.05, 4.69) is 5.32 Å². The van der Waals surface area contributed by atoms with E-state index in [1.165, 1.54) is 0 Å². The smallest absolute Gasteiger partial charge is 0.231 e. The first-order chi connectivity index (χ1) is 14.2. The third-order valence-electron chi connectivity index (χ3n) is 4.76. The Morgan fingerprint density at radius 1 is 0.793 bits per heavy atom. The first-order valence-corrected chi connectivity index (χ1v) is 9.94. The van der Waals surface area contributed by atoms with Gasteiger partial charge >= 0.3 is 0 Å². The van der Waals surface area contributed by atoms with E-state index in [-0.39, 0.29) is 11.8 Å². The highest BCUT2D eigenvalue weighted by molar-refractivity contribution is 5.95. The summed E-state index contributed by atoms with van der Waals surface area (Å²) in [6, 6.07) is 27.1. The van der Waals surface area contributed by atoms with Gasteiger partial charge in [-0.05, 0) is 48.7 Å². The van der Waals surface area contributed by atoms with Crippen molar-refractivity contribution in [3.05, 3.63) is 96.1 Å². The number of para-hydroxylation sites is 1. The minimum Gasteiger partial charge on any atom is -0.326 e. The minimum atomic E-state index is -0.0149. The number of carbonyl (C=O) groups is 2. The van der Waals surface area contributed by atoms with Gasteiger partial charge in [0.25, 0.3) is 0 Å². The van der Waals surface area contributed by atoms with Crippen molar-refractivity contribution in [2.24, 2.45) is 0 Å². The lowest BCUT2D eigenvalue weighted by Crippen LogP contribution is -2.31. The molecule has 0 atom stereocenters. The monoisotopic (exact) mass is 386 g/mol. The Labute approximate surface area is 172 Å². The van der Waals surface area contributed by atoms with Crippen LogP contribution in [0.3, 0.4) is 0 Å². The van der Waals surface area contributed by atoms with Crippen molar-refractivity contribution in [1.29, 1.82) is 0 Å². The molecule has 0 aliphatic carbocycles. The van der Waals surface area contributed by atoms with E-state index in [1.54, 1.807) is 4.90 Å². The molecule has 4 heteroatoms. The molecule has 0 saturated carbocycles. The van der Waals surface area contributed by atoms with Crippen molar-refractivity contribution in [3.63, 3.8) is 0 Å². The molecule has 0 unspecified atom stereocenters. The Hall–Kier alpha value is -3.40. The van der Waals surface area contributed by atoms with Gasteiger partial charge in [0.2, 0.25) is 11.8 Å². The highest BCUT2D eigenvalue weighted by Crippen LogP contribution is 2.16. The molecule has 148 valence electrons. The van der Waals surface area contributed by atoms with Crippen molar-refractivity contribution in [1.82, 2.24) is 0 Å². The van der Waals surface area contributed by atoms with Crippen LogP contribution in [0.1, 0.15) is 24.5 Å². The van der Waals surface area contributed by atoms with Gasteiger partial charge in [-0.2, -0.15) is 0 Å². The van der Waals surface area contributed by atoms with Crippen molar-refractivity contribution in [2.45, 2.75) is 26.2 Å². The molecule has 3 aromatic carbocycles. The van der Waals surface area contributed by atoms with Crippen LogP contribution in [0.25, 0.3) is 0 Å². The molecule has 0 spiro atoms. The second-order valence-corrected chi connectivity index (χ2v) is 6.88. The fraction of sp³-hybridized carbons (Fsp3) is 0.200. The van der Waals surface area contributed by atoms with Crippen LogP contribution in [0.5, 0.6) is 0 Å². The number of hydrogen-bond acceptors (Lipinski definition) is 2. The SMILES string of the molecule is CCN(C(=O)Cc1ccc(NC(=O)CCc2ccccc2)cc1)c1ccccc1. The van der Waals surface area contributed by atoms with Crippen LogP contribution < -0.4 is 10.2 Å². The molecule has 4 nitrogen and oxygen atoms in total. The summed E-state index contributed by atoms with van der Waals surface area (Å²) in [5.74, 6) is 0.0391. The zero-order chi connectivity index (χ0) is 20.5. The molecule has 29 heavy (non-hydrogen) atoms. The van der Waals surface area contributed by atoms with Crippen LogP contribution in [-0.2, 0) is 22.4 Å². The maximum atomic E-state index is 12.7. The van der Waals surface area contributed by atoms with E-state index in [0.717, 1.165) is 22.5 Å². The van der Waals surface area contributed by atoms with Gasteiger partial charge in [-0.1, -0.05) is 60.7 Å². The molecule has 0 bridgehead atoms. The van der Waals surface area contributed by atoms with Crippen LogP contribution in [0.2, 0.25) is 0 Å². The molecular formula is C25H26N2O2. The van der Waals surface area contributed by atoms with Crippen LogP contribution in [0, 0.1) is 0 Å². The third kappa shape index (κ3) is 6.04. The Morgan fingerprint density at radius 3 is 2.03 bits per heavy atom. The number of hydrogen-bond donors (Lipinski definition) is 1. The number of nitrogens with zero attached hydrogens (tertiary/aromatic N) is 1. The van der Waals surface area contributed by atoms with Gasteiger partial charge in [0, 0.05) is 24.3 Å². The third-order valence-corrected chi connectivity index (χ3v) is 4.76. The lowest BCUT2D eigenvalue weighted by Gasteiger charge is -2.21. The van der Waals surface area contributed by atoms with E-state index in [1.807, 2.05) is 91.9 Å². The zero-order valence-electron chi connectivity index (χ0n) is 16.7. The average Bonchev–Trinajstić information content (AvgIpc) is 2.76. The van der Waals surface area contributed by atoms with E-state index in [9.17, 15) is 9.59 Å². The number of nitrogens with one attached hydrogen (secondary N) is 1. The van der Waals surface area contributed by atoms with E-state index < -0.39 is 0 Å². The second kappa shape index (κ2) is 10.2. The molecule has 0 saturated heterocycles. The van der Waals surface area contributed by atoms with Crippen molar-refractivity contribution < 1.29 is 9.59 Å². The lowest BCUT2D eigenvalue weighted by atomic mass is 10.1. The number of likely N-dealkylation sites (N-methyl/N-ethyl adjacent to an activating group) is 1. The summed E-state index contributed by atoms with van der Waals surface area (Å²) in [5, 5.41) is 2.92. The summed E-state index contributed by atoms with van der Waals surface area (Å²) in [5.41, 5.74) is 3.72. The van der Waals surface area contributed by atoms with Gasteiger partial charge in [0.1, 0.15) is 0 Å². The van der Waals surface area contributed by atoms with Crippen molar-refractivity contribution in [3.8, 4) is 0 Å². The lowest BCUT2D eigenvalue weighted by molar-refractivity contribution is -0.118. The van der Waals surface area contributed by atoms with Gasteiger partial charge in [-0.15, -0.1) is 0 Å². The van der Waals surface area contributed by atoms with Gasteiger partial charge in [0.05, 0.1) is 6.42 Å². The molecule has 0 aliphatic heterocycles. The quantitative estimate of drug-likeness (QED) is 0.601. The van der Waals surface area contributed by atoms with E-state index in [4.69, 9.17) is 0 Å². The number of rotatable bonds is 8. The zero-order valence-corrected chi connectivity index (χ0v) is 16.7. The Kier molecular flexibility index (Phi) is 7.17. The number of aryl methyl sites for hydroxylation is 1. The van der Waals surface area contributed by atoms with Crippen LogP contribution in [-0.4, -0.2) is 18.4 Å². The normalized spacial score (nSPS) is 10.4. The maximum Gasteiger partial charge on any atom is 0.231 e. The topological polar surface area (TPSA) is 49.4 Å². The number of benzene rings is 3. The second-order valence-electron chi connectivity index (χ2n) is 6.88. The minimum absolute atomic E-state index is 0.0149. The largest absolute Gasteiger partial charge is 0.326 e. The molecule has 0 radical (unpaired) electrons. The van der Waals surface area contributed by atoms with Crippen molar-refractivity contribution in [2.75, 3.05) is 16.8 Å². The number of carbonyl (C=O) groups excluding carboxylic acids is 2. The van der Waals surface area contributed by atoms with E-state index >= 15 is 0 Å². The average molecular weight is 386 g/mol. The summed E-state index contributed by atoms with van der Waals surface area (Å²) in [7, 11) is 0. The molecule has 1 N–H and O–H groups in total. The van der Waals surface area contributed by atoms with Gasteiger partial charge in [0.15, 0.2) is 0 Å². The number of amides is 2. The van der Waals surface area contributed by atoms with Crippen LogP contribution in [0.4, 0.5) is 11.4 Å². The molecule has 0 aromatic heterocycles. The molecular weight excluding hydrogens is 360 g/mol. The Balaban J connectivity index is 1.53. The standard InChI is InChI=1S/C25H26N2O2/c1-2-27(23-11-7-4-8-12-23)25(29)19-21-13-16-22(17-14-21)26-24(28)18-15-20-9-5-3-6-10-20/h3-14,16-17H,2,15,18-19H2,1H3,(H,26,28). The molecule has 3 rings (SSSR count). The molecule has 0 fully saturated rings. The Morgan fingerprint density at radius 2 is 1.41 bits per heavy atom. The Bertz CT molecular complexity index is 922. The molecule has 3 aromatic rings. The molecule has 2 amide bonds. The predicted octanol–water partition coefficient (Wildman–Crippen LogP) is 4.85. The summed E-state index contributed by atoms with van der Waals surface area (Å²) in [6.07, 6.45) is 1.48. The summed E-state index contributed by atoms with van der Waals surface area (Å²) < 4.78 is 0. The van der Waals surface area contributed by atoms with Crippen LogP contribution in [0.15, 0.2) is 84.9 Å². The van der Waals surface area contributed by atoms with Gasteiger partial charge in [-0.25, -0.2) is 0 Å². The van der Waals surface area contributed by atoms with Gasteiger partial charge < -0.3 is 10.2 Å². The summed E-state index contributed by atoms with van der Waals surface area (Å²) in [6.45, 7) is 2.59. The van der Waals surface area contributed by atoms with Crippen LogP contribution >= 0.6 is 0 Å². The summed E-state index contributed by atoms with van der Waals surface area (Å²) in [4.78, 5) is 26.6. The number of anilines is 2. The fourth-order valence-electron chi connectivity index (χ4n) is 3.21. The summed E-state index contributed by atoms with van der Waals surface area (Å²) >= 11 is 0. The van der Waals surface area contributed by atoms with Gasteiger partial charge in [-0.3, -0.25) is 9.59 Å². The molecule has 0 aliphatic rings. The highest BCUT2D eigenvalue weighted by Gasteiger charge is 2.14. The highest BCUT2D eigenvalue weighted by atomic mass is 16.2. The predicted molar refractivity (Wildman–Crippen MR) is 118 cm³/mol. The fourth-order valence-corrected chi connectivity index (χ4v) is 3.21. The first-order valence-electron chi connectivity index (χ1n) is 9.94. The maximum absolute atomic E-state index is 12.7. The first kappa shape index (κ1) is 20.3. The van der Waals surface area contributed by atoms with Crippen molar-refractivity contribution >= 4 is 23.2 Å². The van der Waals surface area contributed by atoms with E-state index in [0.29, 0.717) is 25.8 Å². The molecule has 0 heterocycles.